The molecule has 98 valence electrons. The number of amides is 1. The molecular weight excluding hydrogens is 230 g/mol. The van der Waals surface area contributed by atoms with Gasteiger partial charge in [-0.2, -0.15) is 0 Å². The summed E-state index contributed by atoms with van der Waals surface area (Å²) in [6, 6.07) is 6.69. The maximum absolute atomic E-state index is 11.5. The lowest BCUT2D eigenvalue weighted by Gasteiger charge is -2.08. The summed E-state index contributed by atoms with van der Waals surface area (Å²) in [6.45, 7) is 6.01. The molecule has 0 fully saturated rings. The lowest BCUT2D eigenvalue weighted by molar-refractivity contribution is -0.118. The van der Waals surface area contributed by atoms with Crippen molar-refractivity contribution < 1.29 is 14.3 Å². The van der Waals surface area contributed by atoms with Crippen LogP contribution in [0.4, 0.5) is 5.69 Å². The highest BCUT2D eigenvalue weighted by Gasteiger charge is 2.09. The first-order valence-electron chi connectivity index (χ1n) is 6.12. The highest BCUT2D eigenvalue weighted by Crippen LogP contribution is 2.11. The van der Waals surface area contributed by atoms with E-state index in [1.54, 1.807) is 24.3 Å². The van der Waals surface area contributed by atoms with E-state index in [2.05, 4.69) is 5.32 Å². The zero-order chi connectivity index (χ0) is 13.5. The van der Waals surface area contributed by atoms with Crippen LogP contribution in [0.25, 0.3) is 0 Å². The lowest BCUT2D eigenvalue weighted by atomic mass is 10.2. The van der Waals surface area contributed by atoms with Gasteiger partial charge in [-0.15, -0.1) is 0 Å². The van der Waals surface area contributed by atoms with E-state index in [-0.39, 0.29) is 17.8 Å². The van der Waals surface area contributed by atoms with E-state index >= 15 is 0 Å². The zero-order valence-electron chi connectivity index (χ0n) is 11.0. The molecule has 0 saturated carbocycles. The van der Waals surface area contributed by atoms with Crippen LogP contribution >= 0.6 is 0 Å². The van der Waals surface area contributed by atoms with Gasteiger partial charge in [0.1, 0.15) is 0 Å². The lowest BCUT2D eigenvalue weighted by Crippen LogP contribution is -2.17. The molecule has 4 heteroatoms. The minimum Gasteiger partial charge on any atom is -0.462 e. The minimum atomic E-state index is -0.335. The van der Waals surface area contributed by atoms with E-state index in [4.69, 9.17) is 4.74 Å². The molecule has 0 saturated heterocycles. The fourth-order valence-electron chi connectivity index (χ4n) is 1.25. The first-order chi connectivity index (χ1) is 8.54. The molecule has 1 aromatic rings. The molecule has 0 unspecified atom stereocenters. The summed E-state index contributed by atoms with van der Waals surface area (Å²) in [5.41, 5.74) is 1.17. The van der Waals surface area contributed by atoms with Crippen LogP contribution in [0, 0.1) is 5.92 Å². The van der Waals surface area contributed by atoms with Crippen LogP contribution in [0.5, 0.6) is 0 Å². The number of hydrogen-bond acceptors (Lipinski definition) is 3. The summed E-state index contributed by atoms with van der Waals surface area (Å²) >= 11 is 0. The molecule has 1 N–H and O–H groups in total. The summed E-state index contributed by atoms with van der Waals surface area (Å²) < 4.78 is 5.01. The highest BCUT2D eigenvalue weighted by atomic mass is 16.5. The standard InChI is InChI=1S/C14H19NO3/c1-4-9-18-14(17)11-5-7-12(8-6-11)15-13(16)10(2)3/h5-8,10H,4,9H2,1-3H3,(H,15,16). The summed E-state index contributed by atoms with van der Waals surface area (Å²) in [7, 11) is 0. The van der Waals surface area contributed by atoms with E-state index in [9.17, 15) is 9.59 Å². The summed E-state index contributed by atoms with van der Waals surface area (Å²) in [4.78, 5) is 23.0. The van der Waals surface area contributed by atoms with Crippen molar-refractivity contribution in [2.75, 3.05) is 11.9 Å². The number of carbonyl (C=O) groups is 2. The van der Waals surface area contributed by atoms with Crippen LogP contribution in [0.3, 0.4) is 0 Å². The van der Waals surface area contributed by atoms with Gasteiger partial charge in [-0.3, -0.25) is 4.79 Å². The minimum absolute atomic E-state index is 0.0451. The molecule has 0 aliphatic rings. The summed E-state index contributed by atoms with van der Waals surface area (Å²) in [6.07, 6.45) is 0.800. The Morgan fingerprint density at radius 2 is 1.83 bits per heavy atom. The molecule has 1 aromatic carbocycles. The molecule has 18 heavy (non-hydrogen) atoms. The first kappa shape index (κ1) is 14.2. The van der Waals surface area contributed by atoms with E-state index in [1.807, 2.05) is 20.8 Å². The number of benzene rings is 1. The smallest absolute Gasteiger partial charge is 0.338 e. The highest BCUT2D eigenvalue weighted by molar-refractivity contribution is 5.93. The van der Waals surface area contributed by atoms with Gasteiger partial charge in [0.25, 0.3) is 0 Å². The van der Waals surface area contributed by atoms with Gasteiger partial charge in [-0.25, -0.2) is 4.79 Å². The molecule has 0 atom stereocenters. The Balaban J connectivity index is 2.62. The van der Waals surface area contributed by atoms with Gasteiger partial charge in [0.2, 0.25) is 5.91 Å². The predicted molar refractivity (Wildman–Crippen MR) is 70.5 cm³/mol. The van der Waals surface area contributed by atoms with Crippen molar-refractivity contribution in [3.8, 4) is 0 Å². The molecular formula is C14H19NO3. The van der Waals surface area contributed by atoms with Crippen LogP contribution in [-0.2, 0) is 9.53 Å². The maximum Gasteiger partial charge on any atom is 0.338 e. The second kappa shape index (κ2) is 6.79. The SMILES string of the molecule is CCCOC(=O)c1ccc(NC(=O)C(C)C)cc1. The molecule has 1 amide bonds. The Morgan fingerprint density at radius 3 is 2.33 bits per heavy atom. The van der Waals surface area contributed by atoms with Crippen molar-refractivity contribution in [3.05, 3.63) is 29.8 Å². The molecule has 0 aliphatic heterocycles. The Bertz CT molecular complexity index is 410. The molecule has 0 heterocycles. The Hall–Kier alpha value is -1.84. The normalized spacial score (nSPS) is 10.2. The second-order valence-electron chi connectivity index (χ2n) is 4.36. The van der Waals surface area contributed by atoms with Crippen molar-refractivity contribution in [1.82, 2.24) is 0 Å². The molecule has 1 rings (SSSR count). The number of esters is 1. The monoisotopic (exact) mass is 249 g/mol. The molecule has 0 bridgehead atoms. The number of hydrogen-bond donors (Lipinski definition) is 1. The molecule has 0 radical (unpaired) electrons. The second-order valence-corrected chi connectivity index (χ2v) is 4.36. The average Bonchev–Trinajstić information content (AvgIpc) is 2.36. The summed E-state index contributed by atoms with van der Waals surface area (Å²) in [5, 5.41) is 2.76. The topological polar surface area (TPSA) is 55.4 Å². The van der Waals surface area contributed by atoms with Crippen molar-refractivity contribution in [1.29, 1.82) is 0 Å². The first-order valence-corrected chi connectivity index (χ1v) is 6.12. The molecule has 0 aromatic heterocycles. The Labute approximate surface area is 107 Å². The average molecular weight is 249 g/mol. The number of nitrogens with one attached hydrogen (secondary N) is 1. The number of carbonyl (C=O) groups excluding carboxylic acids is 2. The molecule has 0 spiro atoms. The largest absolute Gasteiger partial charge is 0.462 e. The molecule has 4 nitrogen and oxygen atoms in total. The summed E-state index contributed by atoms with van der Waals surface area (Å²) in [5.74, 6) is -0.450. The zero-order valence-corrected chi connectivity index (χ0v) is 11.0. The van der Waals surface area contributed by atoms with Crippen molar-refractivity contribution in [2.24, 2.45) is 5.92 Å². The van der Waals surface area contributed by atoms with Crippen LogP contribution < -0.4 is 5.32 Å². The van der Waals surface area contributed by atoms with Gasteiger partial charge in [0.05, 0.1) is 12.2 Å². The number of ether oxygens (including phenoxy) is 1. The quantitative estimate of drug-likeness (QED) is 0.816. The van der Waals surface area contributed by atoms with Gasteiger partial charge in [-0.05, 0) is 30.7 Å². The Kier molecular flexibility index (Phi) is 5.36. The third-order valence-electron chi connectivity index (χ3n) is 2.35. The van der Waals surface area contributed by atoms with E-state index in [0.29, 0.717) is 17.9 Å². The van der Waals surface area contributed by atoms with Crippen LogP contribution in [0.15, 0.2) is 24.3 Å². The van der Waals surface area contributed by atoms with E-state index < -0.39 is 0 Å². The predicted octanol–water partition coefficient (Wildman–Crippen LogP) is 2.85. The maximum atomic E-state index is 11.5. The van der Waals surface area contributed by atoms with Crippen molar-refractivity contribution in [2.45, 2.75) is 27.2 Å². The fourth-order valence-corrected chi connectivity index (χ4v) is 1.25. The van der Waals surface area contributed by atoms with E-state index in [0.717, 1.165) is 6.42 Å². The molecule has 0 aliphatic carbocycles. The number of anilines is 1. The third-order valence-corrected chi connectivity index (χ3v) is 2.35. The van der Waals surface area contributed by atoms with Gasteiger partial charge < -0.3 is 10.1 Å². The van der Waals surface area contributed by atoms with Gasteiger partial charge >= 0.3 is 5.97 Å². The van der Waals surface area contributed by atoms with Gasteiger partial charge in [-0.1, -0.05) is 20.8 Å². The van der Waals surface area contributed by atoms with Crippen LogP contribution in [0.1, 0.15) is 37.6 Å². The van der Waals surface area contributed by atoms with Gasteiger partial charge in [0.15, 0.2) is 0 Å². The Morgan fingerprint density at radius 1 is 1.22 bits per heavy atom. The van der Waals surface area contributed by atoms with Crippen LogP contribution in [0.2, 0.25) is 0 Å². The van der Waals surface area contributed by atoms with E-state index in [1.165, 1.54) is 0 Å². The van der Waals surface area contributed by atoms with Crippen molar-refractivity contribution >= 4 is 17.6 Å². The van der Waals surface area contributed by atoms with Gasteiger partial charge in [0, 0.05) is 11.6 Å². The van der Waals surface area contributed by atoms with Crippen LogP contribution in [-0.4, -0.2) is 18.5 Å². The fraction of sp³-hybridized carbons (Fsp3) is 0.429. The number of rotatable bonds is 5. The third kappa shape index (κ3) is 4.20. The van der Waals surface area contributed by atoms with Crippen molar-refractivity contribution in [3.63, 3.8) is 0 Å².